The molecule has 0 unspecified atom stereocenters. The first kappa shape index (κ1) is 22.0. The van der Waals surface area contributed by atoms with E-state index in [1.165, 1.54) is 11.8 Å². The Hall–Kier alpha value is -2.19. The Labute approximate surface area is 192 Å². The predicted octanol–water partition coefficient (Wildman–Crippen LogP) is 4.18. The molecule has 6 nitrogen and oxygen atoms in total. The molecule has 0 spiro atoms. The number of thiocarbonyl (C=S) groups is 1. The minimum Gasteiger partial charge on any atom is -0.355 e. The van der Waals surface area contributed by atoms with Crippen molar-refractivity contribution in [2.24, 2.45) is 11.8 Å². The fourth-order valence-electron chi connectivity index (χ4n) is 4.43. The molecule has 2 atom stereocenters. The molecule has 0 radical (unpaired) electrons. The van der Waals surface area contributed by atoms with Crippen molar-refractivity contribution in [3.63, 3.8) is 0 Å². The molecule has 2 fully saturated rings. The number of hydrogen-bond donors (Lipinski definition) is 0. The molecule has 31 heavy (non-hydrogen) atoms. The second-order valence-electron chi connectivity index (χ2n) is 8.62. The Bertz CT molecular complexity index is 1100. The standard InChI is InChI=1S/C23H28N4O2S2/c1-4-5-9-27-22(29)18(31-23(27)30)12-17-20(25-13-15(2)11-16(3)14-25)24-19-8-6-7-10-26(19)21(17)28/h6-8,10,12,15-16H,4-5,9,11,13-14H2,1-3H3/b18-12-/t15-,16-/m1/s1. The van der Waals surface area contributed by atoms with Crippen molar-refractivity contribution in [1.82, 2.24) is 14.3 Å². The maximum atomic E-state index is 13.5. The van der Waals surface area contributed by atoms with E-state index < -0.39 is 0 Å². The Morgan fingerprint density at radius 1 is 1.23 bits per heavy atom. The molecule has 0 aliphatic carbocycles. The largest absolute Gasteiger partial charge is 0.355 e. The van der Waals surface area contributed by atoms with Gasteiger partial charge in [-0.2, -0.15) is 0 Å². The minimum absolute atomic E-state index is 0.118. The highest BCUT2D eigenvalue weighted by Gasteiger charge is 2.33. The zero-order chi connectivity index (χ0) is 22.1. The van der Waals surface area contributed by atoms with Gasteiger partial charge in [0.05, 0.1) is 10.5 Å². The molecule has 4 heterocycles. The van der Waals surface area contributed by atoms with Crippen LogP contribution in [0.3, 0.4) is 0 Å². The number of carbonyl (C=O) groups is 1. The van der Waals surface area contributed by atoms with Crippen molar-refractivity contribution < 1.29 is 4.79 Å². The first-order valence-corrected chi connectivity index (χ1v) is 12.1. The summed E-state index contributed by atoms with van der Waals surface area (Å²) >= 11 is 6.71. The zero-order valence-corrected chi connectivity index (χ0v) is 19.8. The van der Waals surface area contributed by atoms with E-state index in [1.54, 1.807) is 21.6 Å². The summed E-state index contributed by atoms with van der Waals surface area (Å²) in [5, 5.41) is 0. The lowest BCUT2D eigenvalue weighted by atomic mass is 9.91. The molecule has 1 amide bonds. The van der Waals surface area contributed by atoms with E-state index in [1.807, 2.05) is 18.2 Å². The van der Waals surface area contributed by atoms with Crippen LogP contribution >= 0.6 is 24.0 Å². The smallest absolute Gasteiger partial charge is 0.267 e. The van der Waals surface area contributed by atoms with Crippen LogP contribution in [0.4, 0.5) is 5.82 Å². The van der Waals surface area contributed by atoms with Crippen molar-refractivity contribution in [2.75, 3.05) is 24.5 Å². The number of anilines is 1. The fourth-order valence-corrected chi connectivity index (χ4v) is 5.72. The van der Waals surface area contributed by atoms with Crippen LogP contribution in [0.1, 0.15) is 45.6 Å². The molecule has 2 saturated heterocycles. The van der Waals surface area contributed by atoms with E-state index in [-0.39, 0.29) is 11.5 Å². The SMILES string of the molecule is CCCCN1C(=O)/C(=C/c2c(N3C[C@H](C)C[C@@H](C)C3)nc3ccccn3c2=O)SC1=S. The monoisotopic (exact) mass is 456 g/mol. The van der Waals surface area contributed by atoms with Gasteiger partial charge in [0.15, 0.2) is 0 Å². The number of unbranched alkanes of at least 4 members (excludes halogenated alkanes) is 1. The lowest BCUT2D eigenvalue weighted by molar-refractivity contribution is -0.122. The summed E-state index contributed by atoms with van der Waals surface area (Å²) in [5.41, 5.74) is 0.910. The number of pyridine rings is 1. The van der Waals surface area contributed by atoms with Crippen LogP contribution in [0.5, 0.6) is 0 Å². The molecule has 2 aliphatic heterocycles. The Balaban J connectivity index is 1.82. The lowest BCUT2D eigenvalue weighted by Crippen LogP contribution is -2.40. The van der Waals surface area contributed by atoms with Gasteiger partial charge in [0.1, 0.15) is 15.8 Å². The summed E-state index contributed by atoms with van der Waals surface area (Å²) in [7, 11) is 0. The minimum atomic E-state index is -0.162. The molecule has 0 aromatic carbocycles. The maximum absolute atomic E-state index is 13.5. The van der Waals surface area contributed by atoms with E-state index in [4.69, 9.17) is 17.2 Å². The molecule has 2 aliphatic rings. The molecule has 2 aromatic heterocycles. The third kappa shape index (κ3) is 4.41. The van der Waals surface area contributed by atoms with Crippen LogP contribution in [0.2, 0.25) is 0 Å². The van der Waals surface area contributed by atoms with Gasteiger partial charge in [-0.25, -0.2) is 4.98 Å². The summed E-state index contributed by atoms with van der Waals surface area (Å²) in [5.74, 6) is 1.57. The van der Waals surface area contributed by atoms with Crippen LogP contribution in [-0.2, 0) is 4.79 Å². The second kappa shape index (κ2) is 9.12. The summed E-state index contributed by atoms with van der Waals surface area (Å²) < 4.78 is 2.10. The van der Waals surface area contributed by atoms with Gasteiger partial charge in [-0.15, -0.1) is 0 Å². The molecule has 4 rings (SSSR count). The van der Waals surface area contributed by atoms with Crippen molar-refractivity contribution in [3.05, 3.63) is 45.2 Å². The fraction of sp³-hybridized carbons (Fsp3) is 0.478. The topological polar surface area (TPSA) is 57.9 Å². The normalized spacial score (nSPS) is 23.4. The van der Waals surface area contributed by atoms with E-state index in [0.717, 1.165) is 32.4 Å². The summed E-state index contributed by atoms with van der Waals surface area (Å²) in [4.78, 5) is 35.7. The van der Waals surface area contributed by atoms with Crippen LogP contribution < -0.4 is 10.5 Å². The molecule has 0 N–H and O–H groups in total. The van der Waals surface area contributed by atoms with Crippen molar-refractivity contribution in [2.45, 2.75) is 40.0 Å². The number of nitrogens with zero attached hydrogens (tertiary/aromatic N) is 4. The molecular formula is C23H28N4O2S2. The highest BCUT2D eigenvalue weighted by molar-refractivity contribution is 8.26. The van der Waals surface area contributed by atoms with Crippen LogP contribution in [0.15, 0.2) is 34.1 Å². The van der Waals surface area contributed by atoms with Crippen molar-refractivity contribution >= 4 is 51.7 Å². The molecule has 2 aromatic rings. The van der Waals surface area contributed by atoms with E-state index in [2.05, 4.69) is 25.7 Å². The van der Waals surface area contributed by atoms with Gasteiger partial charge in [-0.05, 0) is 42.9 Å². The van der Waals surface area contributed by atoms with Gasteiger partial charge in [0, 0.05) is 25.8 Å². The number of hydrogen-bond acceptors (Lipinski definition) is 6. The third-order valence-corrected chi connectivity index (χ3v) is 7.18. The van der Waals surface area contributed by atoms with Gasteiger partial charge in [0.2, 0.25) is 0 Å². The number of carbonyl (C=O) groups excluding carboxylic acids is 1. The predicted molar refractivity (Wildman–Crippen MR) is 131 cm³/mol. The Morgan fingerprint density at radius 3 is 2.68 bits per heavy atom. The zero-order valence-electron chi connectivity index (χ0n) is 18.2. The lowest BCUT2D eigenvalue weighted by Gasteiger charge is -2.36. The van der Waals surface area contributed by atoms with E-state index in [9.17, 15) is 9.59 Å². The quantitative estimate of drug-likeness (QED) is 0.497. The molecule has 0 bridgehead atoms. The number of amides is 1. The Kier molecular flexibility index (Phi) is 6.48. The van der Waals surface area contributed by atoms with Crippen LogP contribution in [0.25, 0.3) is 11.7 Å². The summed E-state index contributed by atoms with van der Waals surface area (Å²) in [6.45, 7) is 8.85. The first-order chi connectivity index (χ1) is 14.9. The molecule has 164 valence electrons. The number of thioether (sulfide) groups is 1. The Morgan fingerprint density at radius 2 is 1.97 bits per heavy atom. The van der Waals surface area contributed by atoms with Crippen LogP contribution in [-0.4, -0.2) is 44.1 Å². The van der Waals surface area contributed by atoms with Gasteiger partial charge in [-0.3, -0.25) is 18.9 Å². The number of aromatic nitrogens is 2. The van der Waals surface area contributed by atoms with Crippen molar-refractivity contribution in [3.8, 4) is 0 Å². The van der Waals surface area contributed by atoms with E-state index in [0.29, 0.717) is 44.6 Å². The van der Waals surface area contributed by atoms with Gasteiger partial charge in [-0.1, -0.05) is 57.2 Å². The van der Waals surface area contributed by atoms with Crippen molar-refractivity contribution in [1.29, 1.82) is 0 Å². The van der Waals surface area contributed by atoms with Gasteiger partial charge >= 0.3 is 0 Å². The molecule has 8 heteroatoms. The highest BCUT2D eigenvalue weighted by Crippen LogP contribution is 2.34. The summed E-state index contributed by atoms with van der Waals surface area (Å²) in [6.07, 6.45) is 6.48. The first-order valence-electron chi connectivity index (χ1n) is 10.9. The van der Waals surface area contributed by atoms with Crippen LogP contribution in [0, 0.1) is 11.8 Å². The van der Waals surface area contributed by atoms with Gasteiger partial charge < -0.3 is 4.90 Å². The van der Waals surface area contributed by atoms with Gasteiger partial charge in [0.25, 0.3) is 11.5 Å². The molecular weight excluding hydrogens is 428 g/mol. The third-order valence-electron chi connectivity index (χ3n) is 5.80. The van der Waals surface area contributed by atoms with E-state index >= 15 is 0 Å². The average Bonchev–Trinajstić information content (AvgIpc) is 3.00. The number of fused-ring (bicyclic) bond motifs is 1. The number of rotatable bonds is 5. The average molecular weight is 457 g/mol. The molecule has 0 saturated carbocycles. The maximum Gasteiger partial charge on any atom is 0.267 e. The highest BCUT2D eigenvalue weighted by atomic mass is 32.2. The second-order valence-corrected chi connectivity index (χ2v) is 10.3. The summed E-state index contributed by atoms with van der Waals surface area (Å²) in [6, 6.07) is 5.54. The number of piperidine rings is 1.